The molecule has 5 heteroatoms. The molecule has 0 saturated carbocycles. The van der Waals surface area contributed by atoms with E-state index in [1.165, 1.54) is 16.5 Å². The van der Waals surface area contributed by atoms with Crippen molar-refractivity contribution in [1.29, 1.82) is 0 Å². The average Bonchev–Trinajstić information content (AvgIpc) is 2.89. The average molecular weight is 363 g/mol. The Morgan fingerprint density at radius 3 is 2.70 bits per heavy atom. The Balaban J connectivity index is 1.67. The van der Waals surface area contributed by atoms with Crippen LogP contribution in [-0.4, -0.2) is 35.6 Å². The van der Waals surface area contributed by atoms with E-state index in [9.17, 15) is 4.79 Å². The highest BCUT2D eigenvalue weighted by molar-refractivity contribution is 5.84. The summed E-state index contributed by atoms with van der Waals surface area (Å²) in [5.41, 5.74) is 3.67. The van der Waals surface area contributed by atoms with Gasteiger partial charge in [0.25, 0.3) is 0 Å². The van der Waals surface area contributed by atoms with E-state index in [0.717, 1.165) is 24.4 Å². The van der Waals surface area contributed by atoms with Crippen molar-refractivity contribution in [3.8, 4) is 5.75 Å². The topological polar surface area (TPSA) is 46.5 Å². The maximum absolute atomic E-state index is 12.2. The first kappa shape index (κ1) is 17.6. The predicted molar refractivity (Wildman–Crippen MR) is 107 cm³/mol. The number of nitrogens with one attached hydrogen (secondary N) is 1. The molecule has 5 nitrogen and oxygen atoms in total. The van der Waals surface area contributed by atoms with Crippen molar-refractivity contribution in [1.82, 2.24) is 14.8 Å². The molecule has 0 radical (unpaired) electrons. The molecule has 4 rings (SSSR count). The van der Waals surface area contributed by atoms with Crippen LogP contribution in [0.1, 0.15) is 23.6 Å². The summed E-state index contributed by atoms with van der Waals surface area (Å²) in [4.78, 5) is 14.6. The van der Waals surface area contributed by atoms with Crippen LogP contribution in [-0.2, 0) is 18.4 Å². The van der Waals surface area contributed by atoms with Crippen LogP contribution in [0.15, 0.2) is 54.7 Å². The van der Waals surface area contributed by atoms with Crippen LogP contribution < -0.4 is 10.1 Å². The molecule has 1 atom stereocenters. The summed E-state index contributed by atoms with van der Waals surface area (Å²) in [6.07, 6.45) is 2.67. The molecule has 1 N–H and O–H groups in total. The largest absolute Gasteiger partial charge is 0.497 e. The van der Waals surface area contributed by atoms with E-state index in [-0.39, 0.29) is 11.9 Å². The van der Waals surface area contributed by atoms with E-state index in [0.29, 0.717) is 13.0 Å². The molecule has 1 aromatic heterocycles. The number of amides is 1. The number of aryl methyl sites for hydroxylation is 1. The zero-order chi connectivity index (χ0) is 18.8. The number of benzene rings is 2. The molecule has 1 aliphatic heterocycles. The van der Waals surface area contributed by atoms with Crippen LogP contribution in [0.2, 0.25) is 0 Å². The molecule has 2 aromatic carbocycles. The first-order valence-electron chi connectivity index (χ1n) is 9.33. The minimum atomic E-state index is 0.0531. The van der Waals surface area contributed by atoms with Crippen LogP contribution in [0.5, 0.6) is 5.75 Å². The van der Waals surface area contributed by atoms with Crippen molar-refractivity contribution < 1.29 is 9.53 Å². The molecule has 0 bridgehead atoms. The number of methoxy groups -OCH3 is 1. The molecule has 140 valence electrons. The number of carbonyl (C=O) groups excluding carboxylic acids is 1. The van der Waals surface area contributed by atoms with Crippen LogP contribution in [0.4, 0.5) is 0 Å². The van der Waals surface area contributed by atoms with Crippen molar-refractivity contribution in [3.05, 3.63) is 65.9 Å². The highest BCUT2D eigenvalue weighted by Crippen LogP contribution is 2.30. The van der Waals surface area contributed by atoms with Gasteiger partial charge in [-0.2, -0.15) is 0 Å². The molecular weight excluding hydrogens is 338 g/mol. The standard InChI is InChI=1S/C22H25N3O2/c1-24-14-17(19-5-3-4-6-20(19)24)15-25-12-11-23-22(26)13-21(25)16-7-9-18(27-2)10-8-16/h3-10,14,21H,11-13,15H2,1-2H3,(H,23,26). The number of nitrogens with zero attached hydrogens (tertiary/aromatic N) is 2. The molecular formula is C22H25N3O2. The first-order valence-corrected chi connectivity index (χ1v) is 9.33. The van der Waals surface area contributed by atoms with Gasteiger partial charge >= 0.3 is 0 Å². The van der Waals surface area contributed by atoms with E-state index >= 15 is 0 Å². The third kappa shape index (κ3) is 3.55. The summed E-state index contributed by atoms with van der Waals surface area (Å²) in [7, 11) is 3.75. The number of para-hydroxylation sites is 1. The van der Waals surface area contributed by atoms with Gasteiger partial charge in [0.15, 0.2) is 0 Å². The van der Waals surface area contributed by atoms with Gasteiger partial charge in [-0.15, -0.1) is 0 Å². The second-order valence-corrected chi connectivity index (χ2v) is 7.10. The Hall–Kier alpha value is -2.79. The van der Waals surface area contributed by atoms with E-state index in [2.05, 4.69) is 64.4 Å². The third-order valence-electron chi connectivity index (χ3n) is 5.39. The fourth-order valence-electron chi connectivity index (χ4n) is 3.99. The number of aromatic nitrogens is 1. The van der Waals surface area contributed by atoms with Crippen LogP contribution in [0.3, 0.4) is 0 Å². The summed E-state index contributed by atoms with van der Waals surface area (Å²) >= 11 is 0. The molecule has 0 aliphatic carbocycles. The molecule has 3 aromatic rings. The number of carbonyl (C=O) groups is 1. The van der Waals surface area contributed by atoms with Gasteiger partial charge in [-0.25, -0.2) is 0 Å². The van der Waals surface area contributed by atoms with Crippen molar-refractivity contribution in [3.63, 3.8) is 0 Å². The summed E-state index contributed by atoms with van der Waals surface area (Å²) in [6.45, 7) is 2.31. The van der Waals surface area contributed by atoms with E-state index < -0.39 is 0 Å². The first-order chi connectivity index (χ1) is 13.2. The smallest absolute Gasteiger partial charge is 0.221 e. The SMILES string of the molecule is COc1ccc(C2CC(=O)NCCN2Cc2cn(C)c3ccccc23)cc1. The van der Waals surface area contributed by atoms with Crippen molar-refractivity contribution in [2.45, 2.75) is 19.0 Å². The Labute approximate surface area is 159 Å². The molecule has 1 unspecified atom stereocenters. The molecule has 27 heavy (non-hydrogen) atoms. The normalized spacial score (nSPS) is 18.3. The molecule has 2 heterocycles. The van der Waals surface area contributed by atoms with E-state index in [1.54, 1.807) is 7.11 Å². The quantitative estimate of drug-likeness (QED) is 0.774. The lowest BCUT2D eigenvalue weighted by atomic mass is 10.0. The fourth-order valence-corrected chi connectivity index (χ4v) is 3.99. The second-order valence-electron chi connectivity index (χ2n) is 7.10. The summed E-state index contributed by atoms with van der Waals surface area (Å²) in [5, 5.41) is 4.29. The Morgan fingerprint density at radius 1 is 1.15 bits per heavy atom. The summed E-state index contributed by atoms with van der Waals surface area (Å²) in [5.74, 6) is 0.939. The zero-order valence-corrected chi connectivity index (χ0v) is 15.8. The maximum atomic E-state index is 12.2. The minimum Gasteiger partial charge on any atom is -0.497 e. The number of fused-ring (bicyclic) bond motifs is 1. The van der Waals surface area contributed by atoms with Crippen LogP contribution >= 0.6 is 0 Å². The monoisotopic (exact) mass is 363 g/mol. The van der Waals surface area contributed by atoms with Crippen molar-refractivity contribution >= 4 is 16.8 Å². The van der Waals surface area contributed by atoms with Gasteiger partial charge in [0.05, 0.1) is 7.11 Å². The fraction of sp³-hybridized carbons (Fsp3) is 0.318. The van der Waals surface area contributed by atoms with Gasteiger partial charge in [0.2, 0.25) is 5.91 Å². The molecule has 0 spiro atoms. The predicted octanol–water partition coefficient (Wildman–Crippen LogP) is 3.25. The number of rotatable bonds is 4. The Morgan fingerprint density at radius 2 is 1.93 bits per heavy atom. The highest BCUT2D eigenvalue weighted by atomic mass is 16.5. The number of hydrogen-bond donors (Lipinski definition) is 1. The van der Waals surface area contributed by atoms with Crippen molar-refractivity contribution in [2.75, 3.05) is 20.2 Å². The zero-order valence-electron chi connectivity index (χ0n) is 15.8. The third-order valence-corrected chi connectivity index (χ3v) is 5.39. The lowest BCUT2D eigenvalue weighted by molar-refractivity contribution is -0.121. The van der Waals surface area contributed by atoms with Gasteiger partial charge in [-0.1, -0.05) is 30.3 Å². The van der Waals surface area contributed by atoms with Gasteiger partial charge in [-0.3, -0.25) is 9.69 Å². The van der Waals surface area contributed by atoms with Gasteiger partial charge in [0, 0.05) is 56.2 Å². The van der Waals surface area contributed by atoms with E-state index in [1.807, 2.05) is 12.1 Å². The molecule has 1 fully saturated rings. The Bertz CT molecular complexity index is 946. The van der Waals surface area contributed by atoms with Crippen LogP contribution in [0.25, 0.3) is 10.9 Å². The van der Waals surface area contributed by atoms with Crippen molar-refractivity contribution in [2.24, 2.45) is 7.05 Å². The lowest BCUT2D eigenvalue weighted by Crippen LogP contribution is -2.30. The lowest BCUT2D eigenvalue weighted by Gasteiger charge is -2.29. The van der Waals surface area contributed by atoms with E-state index in [4.69, 9.17) is 4.74 Å². The minimum absolute atomic E-state index is 0.0531. The summed E-state index contributed by atoms with van der Waals surface area (Å²) < 4.78 is 7.46. The number of hydrogen-bond acceptors (Lipinski definition) is 3. The second kappa shape index (κ2) is 7.45. The van der Waals surface area contributed by atoms with Gasteiger partial charge in [0.1, 0.15) is 5.75 Å². The van der Waals surface area contributed by atoms with Gasteiger partial charge in [-0.05, 0) is 29.3 Å². The summed E-state index contributed by atoms with van der Waals surface area (Å²) in [6, 6.07) is 16.6. The Kier molecular flexibility index (Phi) is 4.86. The molecule has 1 amide bonds. The maximum Gasteiger partial charge on any atom is 0.221 e. The molecule has 1 saturated heterocycles. The highest BCUT2D eigenvalue weighted by Gasteiger charge is 2.27. The van der Waals surface area contributed by atoms with Gasteiger partial charge < -0.3 is 14.6 Å². The molecule has 1 aliphatic rings. The number of ether oxygens (including phenoxy) is 1. The van der Waals surface area contributed by atoms with Crippen LogP contribution in [0, 0.1) is 0 Å².